The lowest BCUT2D eigenvalue weighted by Gasteiger charge is -2.24. The first-order valence-electron chi connectivity index (χ1n) is 6.76. The highest BCUT2D eigenvalue weighted by atomic mass is 16.2. The van der Waals surface area contributed by atoms with E-state index in [4.69, 9.17) is 0 Å². The number of hydrogen-bond acceptors (Lipinski definition) is 1. The Morgan fingerprint density at radius 3 is 2.95 bits per heavy atom. The molecule has 0 saturated carbocycles. The van der Waals surface area contributed by atoms with Crippen molar-refractivity contribution in [3.63, 3.8) is 0 Å². The zero-order chi connectivity index (χ0) is 13.2. The number of rotatable bonds is 2. The van der Waals surface area contributed by atoms with Gasteiger partial charge in [-0.1, -0.05) is 17.7 Å². The monoisotopic (exact) mass is 254 g/mol. The summed E-state index contributed by atoms with van der Waals surface area (Å²) < 4.78 is 0. The van der Waals surface area contributed by atoms with Crippen LogP contribution in [0.5, 0.6) is 0 Å². The van der Waals surface area contributed by atoms with Crippen molar-refractivity contribution in [1.29, 1.82) is 0 Å². The van der Waals surface area contributed by atoms with Crippen molar-refractivity contribution in [2.45, 2.75) is 25.8 Å². The molecule has 3 rings (SSSR count). The van der Waals surface area contributed by atoms with Crippen LogP contribution in [-0.4, -0.2) is 22.3 Å². The molecule has 3 nitrogen and oxygen atoms in total. The van der Waals surface area contributed by atoms with Crippen LogP contribution in [0.3, 0.4) is 0 Å². The smallest absolute Gasteiger partial charge is 0.254 e. The van der Waals surface area contributed by atoms with Gasteiger partial charge in [0.15, 0.2) is 0 Å². The number of benzene rings is 1. The maximum atomic E-state index is 12.6. The Bertz CT molecular complexity index is 574. The number of carbonyl (C=O) groups excluding carboxylic acids is 1. The van der Waals surface area contributed by atoms with Crippen molar-refractivity contribution in [3.8, 4) is 0 Å². The molecular formula is C16H18N2O. The van der Waals surface area contributed by atoms with Gasteiger partial charge in [-0.05, 0) is 44.0 Å². The van der Waals surface area contributed by atoms with Gasteiger partial charge in [-0.25, -0.2) is 0 Å². The van der Waals surface area contributed by atoms with Crippen LogP contribution in [0.4, 0.5) is 0 Å². The van der Waals surface area contributed by atoms with Crippen molar-refractivity contribution in [1.82, 2.24) is 9.88 Å². The number of carbonyl (C=O) groups is 1. The Morgan fingerprint density at radius 1 is 1.32 bits per heavy atom. The maximum Gasteiger partial charge on any atom is 0.254 e. The van der Waals surface area contributed by atoms with Crippen molar-refractivity contribution in [3.05, 3.63) is 59.4 Å². The van der Waals surface area contributed by atoms with E-state index in [2.05, 4.69) is 11.1 Å². The first-order chi connectivity index (χ1) is 9.25. The second-order valence-corrected chi connectivity index (χ2v) is 5.15. The Labute approximate surface area is 113 Å². The summed E-state index contributed by atoms with van der Waals surface area (Å²) in [6, 6.07) is 12.1. The minimum Gasteiger partial charge on any atom is -0.363 e. The zero-order valence-corrected chi connectivity index (χ0v) is 11.1. The number of likely N-dealkylation sites (tertiary alicyclic amines) is 1. The molecule has 1 aliphatic rings. The Hall–Kier alpha value is -2.03. The van der Waals surface area contributed by atoms with Gasteiger partial charge in [-0.2, -0.15) is 0 Å². The first kappa shape index (κ1) is 12.0. The predicted molar refractivity (Wildman–Crippen MR) is 75.0 cm³/mol. The van der Waals surface area contributed by atoms with E-state index in [9.17, 15) is 4.79 Å². The van der Waals surface area contributed by atoms with Gasteiger partial charge in [0.05, 0.1) is 6.04 Å². The summed E-state index contributed by atoms with van der Waals surface area (Å²) in [5.41, 5.74) is 3.05. The lowest BCUT2D eigenvalue weighted by molar-refractivity contribution is 0.0733. The third-order valence-corrected chi connectivity index (χ3v) is 3.76. The van der Waals surface area contributed by atoms with Crippen LogP contribution in [0.2, 0.25) is 0 Å². The van der Waals surface area contributed by atoms with Crippen LogP contribution in [0, 0.1) is 6.92 Å². The molecule has 1 aromatic heterocycles. The average Bonchev–Trinajstić information content (AvgIpc) is 3.08. The Balaban J connectivity index is 1.87. The van der Waals surface area contributed by atoms with Crippen molar-refractivity contribution in [2.24, 2.45) is 0 Å². The fourth-order valence-electron chi connectivity index (χ4n) is 2.83. The summed E-state index contributed by atoms with van der Waals surface area (Å²) in [5.74, 6) is 0.140. The minimum atomic E-state index is 0.140. The molecule has 0 radical (unpaired) electrons. The van der Waals surface area contributed by atoms with E-state index in [1.165, 1.54) is 0 Å². The van der Waals surface area contributed by atoms with Gasteiger partial charge in [0, 0.05) is 24.0 Å². The predicted octanol–water partition coefficient (Wildman–Crippen LogP) is 3.30. The molecule has 19 heavy (non-hydrogen) atoms. The number of amides is 1. The van der Waals surface area contributed by atoms with E-state index < -0.39 is 0 Å². The number of nitrogens with zero attached hydrogens (tertiary/aromatic N) is 1. The summed E-state index contributed by atoms with van der Waals surface area (Å²) in [6.45, 7) is 2.86. The molecule has 2 heterocycles. The van der Waals surface area contributed by atoms with E-state index >= 15 is 0 Å². The molecule has 1 N–H and O–H groups in total. The van der Waals surface area contributed by atoms with Gasteiger partial charge in [0.2, 0.25) is 0 Å². The zero-order valence-electron chi connectivity index (χ0n) is 11.1. The summed E-state index contributed by atoms with van der Waals surface area (Å²) >= 11 is 0. The minimum absolute atomic E-state index is 0.140. The number of nitrogens with one attached hydrogen (secondary N) is 1. The van der Waals surface area contributed by atoms with Gasteiger partial charge >= 0.3 is 0 Å². The molecule has 0 bridgehead atoms. The van der Waals surface area contributed by atoms with E-state index in [0.717, 1.165) is 36.2 Å². The quantitative estimate of drug-likeness (QED) is 0.877. The number of aromatic nitrogens is 1. The fourth-order valence-corrected chi connectivity index (χ4v) is 2.83. The maximum absolute atomic E-state index is 12.6. The highest BCUT2D eigenvalue weighted by molar-refractivity contribution is 5.94. The molecule has 1 fully saturated rings. The Kier molecular flexibility index (Phi) is 3.11. The van der Waals surface area contributed by atoms with Gasteiger partial charge in [-0.3, -0.25) is 4.79 Å². The summed E-state index contributed by atoms with van der Waals surface area (Å²) in [7, 11) is 0. The highest BCUT2D eigenvalue weighted by Gasteiger charge is 2.30. The fraction of sp³-hybridized carbons (Fsp3) is 0.312. The molecule has 1 unspecified atom stereocenters. The van der Waals surface area contributed by atoms with Crippen LogP contribution < -0.4 is 0 Å². The third kappa shape index (κ3) is 2.28. The molecule has 1 aliphatic heterocycles. The molecule has 98 valence electrons. The van der Waals surface area contributed by atoms with Crippen LogP contribution in [0.25, 0.3) is 0 Å². The highest BCUT2D eigenvalue weighted by Crippen LogP contribution is 2.32. The van der Waals surface area contributed by atoms with Gasteiger partial charge in [0.1, 0.15) is 0 Å². The molecule has 1 aromatic carbocycles. The van der Waals surface area contributed by atoms with Crippen molar-refractivity contribution < 1.29 is 4.79 Å². The van der Waals surface area contributed by atoms with Crippen LogP contribution in [0.1, 0.15) is 40.5 Å². The van der Waals surface area contributed by atoms with E-state index in [-0.39, 0.29) is 11.9 Å². The van der Waals surface area contributed by atoms with Crippen LogP contribution >= 0.6 is 0 Å². The number of H-pyrrole nitrogens is 1. The molecule has 0 aliphatic carbocycles. The van der Waals surface area contributed by atoms with Gasteiger partial charge in [0.25, 0.3) is 5.91 Å². The summed E-state index contributed by atoms with van der Waals surface area (Å²) in [6.07, 6.45) is 4.03. The molecule has 1 amide bonds. The summed E-state index contributed by atoms with van der Waals surface area (Å²) in [5, 5.41) is 0. The lowest BCUT2D eigenvalue weighted by Crippen LogP contribution is -2.30. The average molecular weight is 254 g/mol. The van der Waals surface area contributed by atoms with E-state index in [1.54, 1.807) is 0 Å². The second-order valence-electron chi connectivity index (χ2n) is 5.15. The number of aromatic amines is 1. The lowest BCUT2D eigenvalue weighted by atomic mass is 10.1. The normalized spacial score (nSPS) is 18.8. The third-order valence-electron chi connectivity index (χ3n) is 3.76. The Morgan fingerprint density at radius 2 is 2.21 bits per heavy atom. The number of aryl methyl sites for hydroxylation is 1. The van der Waals surface area contributed by atoms with E-state index in [0.29, 0.717) is 0 Å². The number of hydrogen-bond donors (Lipinski definition) is 1. The van der Waals surface area contributed by atoms with E-state index in [1.807, 2.05) is 48.4 Å². The largest absolute Gasteiger partial charge is 0.363 e. The summed E-state index contributed by atoms with van der Waals surface area (Å²) in [4.78, 5) is 17.8. The standard InChI is InChI=1S/C16H18N2O/c1-12-5-2-6-13(11-12)16(19)18-10-4-8-15(18)14-7-3-9-17-14/h2-3,5-7,9,11,15,17H,4,8,10H2,1H3. The van der Waals surface area contributed by atoms with Crippen LogP contribution in [0.15, 0.2) is 42.6 Å². The second kappa shape index (κ2) is 4.92. The SMILES string of the molecule is Cc1cccc(C(=O)N2CCCC2c2ccc[nH]2)c1. The molecule has 3 heteroatoms. The first-order valence-corrected chi connectivity index (χ1v) is 6.76. The molecule has 2 aromatic rings. The molecule has 1 atom stereocenters. The topological polar surface area (TPSA) is 36.1 Å². The van der Waals surface area contributed by atoms with Crippen LogP contribution in [-0.2, 0) is 0 Å². The molecular weight excluding hydrogens is 236 g/mol. The van der Waals surface area contributed by atoms with Crippen molar-refractivity contribution in [2.75, 3.05) is 6.54 Å². The van der Waals surface area contributed by atoms with Gasteiger partial charge < -0.3 is 9.88 Å². The molecule has 0 spiro atoms. The van der Waals surface area contributed by atoms with Gasteiger partial charge in [-0.15, -0.1) is 0 Å². The van der Waals surface area contributed by atoms with Crippen molar-refractivity contribution >= 4 is 5.91 Å². The molecule has 1 saturated heterocycles.